The van der Waals surface area contributed by atoms with Gasteiger partial charge < -0.3 is 5.32 Å². The molecule has 1 aromatic heterocycles. The van der Waals surface area contributed by atoms with Crippen molar-refractivity contribution in [3.8, 4) is 0 Å². The third-order valence-corrected chi connectivity index (χ3v) is 2.23. The number of rotatable bonds is 5. The maximum Gasteiger partial charge on any atom is 0.0915 e. The molecule has 1 unspecified atom stereocenters. The van der Waals surface area contributed by atoms with Gasteiger partial charge in [-0.2, -0.15) is 8.75 Å². The molecule has 0 aliphatic carbocycles. The third-order valence-electron chi connectivity index (χ3n) is 1.74. The standard InChI is InChI=1S/C9H15N3S/c1-4-10-8(5-7(2)3)9-6-11-13-12-9/h6,8,10H,2,4-5H2,1,3H3. The Morgan fingerprint density at radius 2 is 2.54 bits per heavy atom. The molecule has 0 saturated heterocycles. The minimum Gasteiger partial charge on any atom is -0.309 e. The topological polar surface area (TPSA) is 37.8 Å². The summed E-state index contributed by atoms with van der Waals surface area (Å²) in [5, 5.41) is 3.36. The Kier molecular flexibility index (Phi) is 4.05. The fourth-order valence-electron chi connectivity index (χ4n) is 1.20. The molecule has 0 aliphatic heterocycles. The van der Waals surface area contributed by atoms with E-state index in [0.717, 1.165) is 18.7 Å². The van der Waals surface area contributed by atoms with Crippen LogP contribution in [0.5, 0.6) is 0 Å². The molecule has 0 aliphatic rings. The van der Waals surface area contributed by atoms with E-state index in [0.29, 0.717) is 0 Å². The lowest BCUT2D eigenvalue weighted by molar-refractivity contribution is 0.539. The van der Waals surface area contributed by atoms with Gasteiger partial charge in [-0.25, -0.2) is 0 Å². The summed E-state index contributed by atoms with van der Waals surface area (Å²) >= 11 is 1.25. The van der Waals surface area contributed by atoms with Gasteiger partial charge in [-0.1, -0.05) is 12.5 Å². The van der Waals surface area contributed by atoms with Crippen LogP contribution in [0.1, 0.15) is 32.0 Å². The van der Waals surface area contributed by atoms with Crippen molar-refractivity contribution in [1.82, 2.24) is 14.1 Å². The third kappa shape index (κ3) is 3.24. The molecule has 4 heteroatoms. The molecule has 13 heavy (non-hydrogen) atoms. The Bertz CT molecular complexity index is 256. The van der Waals surface area contributed by atoms with E-state index in [1.807, 2.05) is 13.1 Å². The molecule has 1 heterocycles. The average Bonchev–Trinajstić information content (AvgIpc) is 2.54. The minimum atomic E-state index is 0.279. The monoisotopic (exact) mass is 197 g/mol. The maximum absolute atomic E-state index is 4.22. The predicted molar refractivity (Wildman–Crippen MR) is 55.8 cm³/mol. The van der Waals surface area contributed by atoms with Crippen LogP contribution in [-0.4, -0.2) is 15.3 Å². The first-order chi connectivity index (χ1) is 6.24. The number of hydrogen-bond acceptors (Lipinski definition) is 4. The first-order valence-corrected chi connectivity index (χ1v) is 5.12. The van der Waals surface area contributed by atoms with E-state index >= 15 is 0 Å². The molecule has 0 radical (unpaired) electrons. The van der Waals surface area contributed by atoms with Crippen LogP contribution in [0.2, 0.25) is 0 Å². The number of hydrogen-bond donors (Lipinski definition) is 1. The van der Waals surface area contributed by atoms with E-state index in [2.05, 4.69) is 27.6 Å². The molecule has 72 valence electrons. The predicted octanol–water partition coefficient (Wildman–Crippen LogP) is 2.15. The van der Waals surface area contributed by atoms with E-state index in [-0.39, 0.29) is 6.04 Å². The lowest BCUT2D eigenvalue weighted by Gasteiger charge is -2.14. The molecule has 0 saturated carbocycles. The summed E-state index contributed by atoms with van der Waals surface area (Å²) in [6, 6.07) is 0.279. The van der Waals surface area contributed by atoms with Crippen LogP contribution < -0.4 is 5.32 Å². The molecule has 1 N–H and O–H groups in total. The van der Waals surface area contributed by atoms with Crippen LogP contribution in [0.15, 0.2) is 18.3 Å². The summed E-state index contributed by atoms with van der Waals surface area (Å²) in [7, 11) is 0. The Labute approximate surface area is 83.2 Å². The largest absolute Gasteiger partial charge is 0.309 e. The number of aromatic nitrogens is 2. The van der Waals surface area contributed by atoms with Crippen molar-refractivity contribution in [3.63, 3.8) is 0 Å². The first-order valence-electron chi connectivity index (χ1n) is 4.39. The summed E-state index contributed by atoms with van der Waals surface area (Å²) in [4.78, 5) is 0. The van der Waals surface area contributed by atoms with E-state index in [9.17, 15) is 0 Å². The Hall–Kier alpha value is -0.740. The van der Waals surface area contributed by atoms with Crippen molar-refractivity contribution >= 4 is 11.7 Å². The van der Waals surface area contributed by atoms with E-state index in [1.54, 1.807) is 0 Å². The Morgan fingerprint density at radius 3 is 3.00 bits per heavy atom. The van der Waals surface area contributed by atoms with E-state index in [4.69, 9.17) is 0 Å². The van der Waals surface area contributed by atoms with E-state index < -0.39 is 0 Å². The van der Waals surface area contributed by atoms with E-state index in [1.165, 1.54) is 17.3 Å². The Morgan fingerprint density at radius 1 is 1.77 bits per heavy atom. The van der Waals surface area contributed by atoms with Crippen molar-refractivity contribution in [2.24, 2.45) is 0 Å². The molecule has 1 rings (SSSR count). The molecule has 1 atom stereocenters. The van der Waals surface area contributed by atoms with Crippen LogP contribution in [0.25, 0.3) is 0 Å². The highest BCUT2D eigenvalue weighted by molar-refractivity contribution is 6.99. The van der Waals surface area contributed by atoms with Gasteiger partial charge in [0, 0.05) is 0 Å². The second kappa shape index (κ2) is 5.09. The fraction of sp³-hybridized carbons (Fsp3) is 0.556. The quantitative estimate of drug-likeness (QED) is 0.735. The maximum atomic E-state index is 4.22. The SMILES string of the molecule is C=C(C)CC(NCC)c1cnsn1. The van der Waals surface area contributed by atoms with Gasteiger partial charge in [0.15, 0.2) is 0 Å². The highest BCUT2D eigenvalue weighted by atomic mass is 32.1. The Balaban J connectivity index is 2.62. The number of nitrogens with zero attached hydrogens (tertiary/aromatic N) is 2. The van der Waals surface area contributed by atoms with Crippen LogP contribution in [0, 0.1) is 0 Å². The van der Waals surface area contributed by atoms with Crippen molar-refractivity contribution in [2.45, 2.75) is 26.3 Å². The zero-order valence-electron chi connectivity index (χ0n) is 8.08. The van der Waals surface area contributed by atoms with Crippen LogP contribution >= 0.6 is 11.7 Å². The summed E-state index contributed by atoms with van der Waals surface area (Å²) in [6.07, 6.45) is 2.75. The summed E-state index contributed by atoms with van der Waals surface area (Å²) in [6.45, 7) is 8.96. The summed E-state index contributed by atoms with van der Waals surface area (Å²) in [5.74, 6) is 0. The van der Waals surface area contributed by atoms with Gasteiger partial charge >= 0.3 is 0 Å². The van der Waals surface area contributed by atoms with Gasteiger partial charge in [-0.05, 0) is 19.9 Å². The van der Waals surface area contributed by atoms with Crippen molar-refractivity contribution in [1.29, 1.82) is 0 Å². The molecule has 3 nitrogen and oxygen atoms in total. The van der Waals surface area contributed by atoms with Gasteiger partial charge in [0.1, 0.15) is 0 Å². The molecule has 0 bridgehead atoms. The number of nitrogens with one attached hydrogen (secondary N) is 1. The van der Waals surface area contributed by atoms with Crippen molar-refractivity contribution in [2.75, 3.05) is 6.54 Å². The molecule has 0 amide bonds. The van der Waals surface area contributed by atoms with Crippen molar-refractivity contribution in [3.05, 3.63) is 24.0 Å². The first kappa shape index (κ1) is 10.3. The second-order valence-electron chi connectivity index (χ2n) is 3.10. The molecule has 0 aromatic carbocycles. The molecule has 0 fully saturated rings. The van der Waals surface area contributed by atoms with Crippen LogP contribution in [0.3, 0.4) is 0 Å². The fourth-order valence-corrected chi connectivity index (χ4v) is 1.67. The van der Waals surface area contributed by atoms with Crippen LogP contribution in [-0.2, 0) is 0 Å². The lowest BCUT2D eigenvalue weighted by atomic mass is 10.1. The minimum absolute atomic E-state index is 0.279. The molecular formula is C9H15N3S. The van der Waals surface area contributed by atoms with Gasteiger partial charge in [0.05, 0.1) is 29.7 Å². The zero-order valence-corrected chi connectivity index (χ0v) is 8.90. The smallest absolute Gasteiger partial charge is 0.0915 e. The highest BCUT2D eigenvalue weighted by Gasteiger charge is 2.12. The highest BCUT2D eigenvalue weighted by Crippen LogP contribution is 2.18. The van der Waals surface area contributed by atoms with Gasteiger partial charge in [-0.15, -0.1) is 6.58 Å². The van der Waals surface area contributed by atoms with Crippen LogP contribution in [0.4, 0.5) is 0 Å². The molecule has 1 aromatic rings. The zero-order chi connectivity index (χ0) is 9.68. The molecule has 0 spiro atoms. The van der Waals surface area contributed by atoms with Gasteiger partial charge in [-0.3, -0.25) is 0 Å². The normalized spacial score (nSPS) is 12.8. The van der Waals surface area contributed by atoms with Gasteiger partial charge in [0.25, 0.3) is 0 Å². The lowest BCUT2D eigenvalue weighted by Crippen LogP contribution is -2.21. The van der Waals surface area contributed by atoms with Crippen molar-refractivity contribution < 1.29 is 0 Å². The van der Waals surface area contributed by atoms with Gasteiger partial charge in [0.2, 0.25) is 0 Å². The average molecular weight is 197 g/mol. The summed E-state index contributed by atoms with van der Waals surface area (Å²) < 4.78 is 8.21. The summed E-state index contributed by atoms with van der Waals surface area (Å²) in [5.41, 5.74) is 2.19. The second-order valence-corrected chi connectivity index (χ2v) is 3.66. The molecular weight excluding hydrogens is 182 g/mol.